The summed E-state index contributed by atoms with van der Waals surface area (Å²) in [6, 6.07) is -0.304. The van der Waals surface area contributed by atoms with Crippen molar-refractivity contribution in [2.75, 3.05) is 0 Å². The molecule has 1 amide bonds. The van der Waals surface area contributed by atoms with Gasteiger partial charge in [-0.15, -0.1) is 0 Å². The van der Waals surface area contributed by atoms with Crippen molar-refractivity contribution in [1.29, 1.82) is 0 Å². The number of aromatic nitrogens is 4. The van der Waals surface area contributed by atoms with Gasteiger partial charge in [0.15, 0.2) is 11.5 Å². The molecule has 0 aromatic carbocycles. The number of aromatic amines is 1. The Balaban J connectivity index is 1.75. The second kappa shape index (κ2) is 4.83. The second-order valence-corrected chi connectivity index (χ2v) is 4.72. The molecule has 1 atom stereocenters. The van der Waals surface area contributed by atoms with Gasteiger partial charge in [-0.05, 0) is 32.6 Å². The lowest BCUT2D eigenvalue weighted by atomic mass is 9.96. The third kappa shape index (κ3) is 2.23. The molecule has 100 valence electrons. The first-order valence-electron chi connectivity index (χ1n) is 6.39. The molecule has 2 N–H and O–H groups in total. The average Bonchev–Trinajstić information content (AvgIpc) is 3.08. The summed E-state index contributed by atoms with van der Waals surface area (Å²) in [7, 11) is 0. The summed E-state index contributed by atoms with van der Waals surface area (Å²) in [6.45, 7) is 1.81. The minimum absolute atomic E-state index is 0.197. The maximum absolute atomic E-state index is 12.2. The van der Waals surface area contributed by atoms with Crippen molar-refractivity contribution in [3.63, 3.8) is 0 Å². The smallest absolute Gasteiger partial charge is 0.272 e. The highest BCUT2D eigenvalue weighted by atomic mass is 16.5. The number of amides is 1. The number of hydrogen-bond acceptors (Lipinski definition) is 5. The van der Waals surface area contributed by atoms with Gasteiger partial charge in [0.05, 0.1) is 6.04 Å². The number of aryl methyl sites for hydroxylation is 1. The van der Waals surface area contributed by atoms with E-state index in [9.17, 15) is 4.79 Å². The maximum atomic E-state index is 12.2. The van der Waals surface area contributed by atoms with E-state index in [0.29, 0.717) is 11.5 Å². The number of fused-ring (bicyclic) bond motifs is 1. The van der Waals surface area contributed by atoms with Crippen LogP contribution in [0.4, 0.5) is 0 Å². The molecule has 0 fully saturated rings. The van der Waals surface area contributed by atoms with Crippen LogP contribution in [0.3, 0.4) is 0 Å². The zero-order valence-corrected chi connectivity index (χ0v) is 10.6. The number of carbonyl (C=O) groups excluding carboxylic acids is 1. The van der Waals surface area contributed by atoms with Crippen LogP contribution < -0.4 is 5.32 Å². The van der Waals surface area contributed by atoms with Crippen molar-refractivity contribution >= 4 is 5.91 Å². The molecule has 0 saturated carbocycles. The number of H-pyrrole nitrogens is 1. The van der Waals surface area contributed by atoms with Crippen molar-refractivity contribution in [1.82, 2.24) is 25.7 Å². The topological polar surface area (TPSA) is 96.7 Å². The summed E-state index contributed by atoms with van der Waals surface area (Å²) in [5.41, 5.74) is 2.62. The van der Waals surface area contributed by atoms with E-state index in [-0.39, 0.29) is 11.9 Å². The van der Waals surface area contributed by atoms with Crippen molar-refractivity contribution in [3.8, 4) is 0 Å². The molecule has 0 spiro atoms. The molecule has 0 aliphatic heterocycles. The van der Waals surface area contributed by atoms with Crippen LogP contribution in [0.5, 0.6) is 0 Å². The Kier molecular flexibility index (Phi) is 3.02. The number of nitrogens with one attached hydrogen (secondary N) is 2. The zero-order valence-electron chi connectivity index (χ0n) is 10.6. The fourth-order valence-corrected chi connectivity index (χ4v) is 2.37. The zero-order chi connectivity index (χ0) is 13.2. The Morgan fingerprint density at radius 3 is 3.11 bits per heavy atom. The molecular weight excluding hydrogens is 246 g/mol. The van der Waals surface area contributed by atoms with Crippen molar-refractivity contribution in [2.45, 2.75) is 38.6 Å². The molecule has 3 rings (SSSR count). The van der Waals surface area contributed by atoms with E-state index < -0.39 is 0 Å². The maximum Gasteiger partial charge on any atom is 0.272 e. The molecule has 1 aliphatic carbocycles. The molecule has 0 saturated heterocycles. The first-order valence-corrected chi connectivity index (χ1v) is 6.39. The Morgan fingerprint density at radius 1 is 1.47 bits per heavy atom. The Hall–Kier alpha value is -2.18. The van der Waals surface area contributed by atoms with Gasteiger partial charge in [0.25, 0.3) is 5.91 Å². The van der Waals surface area contributed by atoms with Gasteiger partial charge in [-0.25, -0.2) is 0 Å². The molecule has 0 unspecified atom stereocenters. The molecule has 0 radical (unpaired) electrons. The van der Waals surface area contributed by atoms with Crippen molar-refractivity contribution in [2.24, 2.45) is 0 Å². The molecule has 2 aromatic heterocycles. The first kappa shape index (κ1) is 11.9. The van der Waals surface area contributed by atoms with Crippen LogP contribution in [0, 0.1) is 0 Å². The highest BCUT2D eigenvalue weighted by Crippen LogP contribution is 2.22. The Labute approximate surface area is 109 Å². The molecule has 19 heavy (non-hydrogen) atoms. The minimum atomic E-state index is -0.304. The van der Waals surface area contributed by atoms with Gasteiger partial charge >= 0.3 is 0 Å². The Morgan fingerprint density at radius 2 is 2.32 bits per heavy atom. The molecule has 2 aromatic rings. The van der Waals surface area contributed by atoms with E-state index in [1.807, 2.05) is 6.92 Å². The fourth-order valence-electron chi connectivity index (χ4n) is 2.37. The van der Waals surface area contributed by atoms with E-state index in [4.69, 9.17) is 0 Å². The van der Waals surface area contributed by atoms with Crippen LogP contribution >= 0.6 is 0 Å². The van der Waals surface area contributed by atoms with Crippen LogP contribution in [-0.4, -0.2) is 26.2 Å². The summed E-state index contributed by atoms with van der Waals surface area (Å²) in [4.78, 5) is 16.1. The van der Waals surface area contributed by atoms with Gasteiger partial charge in [0, 0.05) is 11.3 Å². The van der Waals surface area contributed by atoms with Crippen LogP contribution in [0.25, 0.3) is 0 Å². The number of nitrogens with zero attached hydrogens (tertiary/aromatic N) is 3. The fraction of sp³-hybridized carbons (Fsp3) is 0.500. The third-order valence-electron chi connectivity index (χ3n) is 3.38. The van der Waals surface area contributed by atoms with Crippen LogP contribution in [-0.2, 0) is 12.8 Å². The number of carbonyl (C=O) groups is 1. The standard InChI is InChI=1S/C12H15N5O2/c1-7(11-13-6-19-17-11)14-12(18)10-8-4-2-3-5-9(8)15-16-10/h6-7H,2-5H2,1H3,(H,14,18)(H,15,16)/t7-/m1/s1. The minimum Gasteiger partial charge on any atom is -0.343 e. The summed E-state index contributed by atoms with van der Waals surface area (Å²) in [5, 5.41) is 13.6. The lowest BCUT2D eigenvalue weighted by molar-refractivity contribution is 0.0931. The van der Waals surface area contributed by atoms with Crippen LogP contribution in [0.1, 0.15) is 53.4 Å². The van der Waals surface area contributed by atoms with Crippen LogP contribution in [0.15, 0.2) is 10.9 Å². The predicted octanol–water partition coefficient (Wildman–Crippen LogP) is 1.16. The summed E-state index contributed by atoms with van der Waals surface area (Å²) in [6.07, 6.45) is 5.37. The van der Waals surface area contributed by atoms with Gasteiger partial charge < -0.3 is 9.84 Å². The highest BCUT2D eigenvalue weighted by Gasteiger charge is 2.23. The van der Waals surface area contributed by atoms with Gasteiger partial charge in [-0.3, -0.25) is 9.89 Å². The lowest BCUT2D eigenvalue weighted by Gasteiger charge is -2.12. The molecule has 2 heterocycles. The van der Waals surface area contributed by atoms with Gasteiger partial charge in [0.2, 0.25) is 6.39 Å². The van der Waals surface area contributed by atoms with E-state index in [1.54, 1.807) is 0 Å². The average molecular weight is 261 g/mol. The first-order chi connectivity index (χ1) is 9.25. The second-order valence-electron chi connectivity index (χ2n) is 4.72. The lowest BCUT2D eigenvalue weighted by Crippen LogP contribution is -2.28. The highest BCUT2D eigenvalue weighted by molar-refractivity contribution is 5.94. The summed E-state index contributed by atoms with van der Waals surface area (Å²) in [5.74, 6) is 0.259. The monoisotopic (exact) mass is 261 g/mol. The molecule has 7 nitrogen and oxygen atoms in total. The van der Waals surface area contributed by atoms with E-state index in [1.165, 1.54) is 6.39 Å². The SMILES string of the molecule is C[C@@H](NC(=O)c1n[nH]c2c1CCCC2)c1ncon1. The largest absolute Gasteiger partial charge is 0.343 e. The van der Waals surface area contributed by atoms with Gasteiger partial charge in [0.1, 0.15) is 0 Å². The van der Waals surface area contributed by atoms with Crippen LogP contribution in [0.2, 0.25) is 0 Å². The molecule has 1 aliphatic rings. The predicted molar refractivity (Wildman–Crippen MR) is 65.4 cm³/mol. The van der Waals surface area contributed by atoms with E-state index >= 15 is 0 Å². The quantitative estimate of drug-likeness (QED) is 0.864. The van der Waals surface area contributed by atoms with Crippen molar-refractivity contribution < 1.29 is 9.32 Å². The van der Waals surface area contributed by atoms with Gasteiger partial charge in [-0.1, -0.05) is 5.16 Å². The van der Waals surface area contributed by atoms with E-state index in [0.717, 1.165) is 36.9 Å². The Bertz CT molecular complexity index is 575. The number of hydrogen-bond donors (Lipinski definition) is 2. The third-order valence-corrected chi connectivity index (χ3v) is 3.38. The molecule has 7 heteroatoms. The normalized spacial score (nSPS) is 15.8. The van der Waals surface area contributed by atoms with Gasteiger partial charge in [-0.2, -0.15) is 10.1 Å². The molecular formula is C12H15N5O2. The summed E-state index contributed by atoms with van der Waals surface area (Å²) >= 11 is 0. The number of rotatable bonds is 3. The van der Waals surface area contributed by atoms with Crippen molar-refractivity contribution in [3.05, 3.63) is 29.2 Å². The molecule has 0 bridgehead atoms. The van der Waals surface area contributed by atoms with E-state index in [2.05, 4.69) is 30.2 Å². The summed E-state index contributed by atoms with van der Waals surface area (Å²) < 4.78 is 4.66.